The average Bonchev–Trinajstić information content (AvgIpc) is 3.24. The molecule has 2 aromatic rings. The Bertz CT molecular complexity index is 688. The second-order valence-electron chi connectivity index (χ2n) is 6.23. The van der Waals surface area contributed by atoms with Crippen LogP contribution in [0.2, 0.25) is 0 Å². The van der Waals surface area contributed by atoms with Crippen LogP contribution >= 0.6 is 0 Å². The van der Waals surface area contributed by atoms with Gasteiger partial charge in [0.05, 0.1) is 17.5 Å². The number of rotatable bonds is 6. The minimum atomic E-state index is -0.174. The lowest BCUT2D eigenvalue weighted by Gasteiger charge is -2.11. The van der Waals surface area contributed by atoms with Gasteiger partial charge in [0.1, 0.15) is 0 Å². The highest BCUT2D eigenvalue weighted by atomic mass is 16.5. The van der Waals surface area contributed by atoms with Crippen molar-refractivity contribution in [3.63, 3.8) is 0 Å². The number of benzene rings is 1. The molecule has 0 aliphatic carbocycles. The summed E-state index contributed by atoms with van der Waals surface area (Å²) in [6, 6.07) is 8.06. The number of hydrogen-bond acceptors (Lipinski definition) is 4. The first-order chi connectivity index (χ1) is 11.7. The van der Waals surface area contributed by atoms with Crippen LogP contribution in [0.5, 0.6) is 0 Å². The zero-order valence-corrected chi connectivity index (χ0v) is 14.3. The third kappa shape index (κ3) is 3.64. The van der Waals surface area contributed by atoms with Crippen molar-refractivity contribution in [3.05, 3.63) is 41.2 Å². The molecule has 0 saturated carbocycles. The van der Waals surface area contributed by atoms with Crippen molar-refractivity contribution in [1.29, 1.82) is 0 Å². The molecule has 0 radical (unpaired) electrons. The van der Waals surface area contributed by atoms with E-state index in [9.17, 15) is 4.79 Å². The monoisotopic (exact) mass is 328 g/mol. The first-order valence-corrected chi connectivity index (χ1v) is 8.60. The van der Waals surface area contributed by atoms with Gasteiger partial charge in [-0.05, 0) is 38.3 Å². The van der Waals surface area contributed by atoms with Gasteiger partial charge in [0.15, 0.2) is 5.69 Å². The molecule has 128 valence electrons. The molecular formula is C18H24N4O2. The second-order valence-corrected chi connectivity index (χ2v) is 6.23. The number of aryl methyl sites for hydroxylation is 1. The summed E-state index contributed by atoms with van der Waals surface area (Å²) in [4.78, 5) is 12.5. The van der Waals surface area contributed by atoms with Crippen LogP contribution in [0, 0.1) is 6.92 Å². The van der Waals surface area contributed by atoms with Crippen molar-refractivity contribution in [3.8, 4) is 5.69 Å². The van der Waals surface area contributed by atoms with Gasteiger partial charge in [-0.15, -0.1) is 5.10 Å². The third-order valence-corrected chi connectivity index (χ3v) is 4.26. The van der Waals surface area contributed by atoms with E-state index in [0.717, 1.165) is 43.7 Å². The van der Waals surface area contributed by atoms with Gasteiger partial charge in [-0.1, -0.05) is 36.3 Å². The van der Waals surface area contributed by atoms with Crippen molar-refractivity contribution >= 4 is 5.91 Å². The smallest absolute Gasteiger partial charge is 0.273 e. The fourth-order valence-electron chi connectivity index (χ4n) is 2.93. The molecule has 1 atom stereocenters. The van der Waals surface area contributed by atoms with Gasteiger partial charge in [0, 0.05) is 13.2 Å². The molecule has 1 aromatic carbocycles. The molecule has 0 bridgehead atoms. The van der Waals surface area contributed by atoms with E-state index in [1.807, 2.05) is 31.2 Å². The first kappa shape index (κ1) is 16.6. The quantitative estimate of drug-likeness (QED) is 0.884. The van der Waals surface area contributed by atoms with Gasteiger partial charge in [-0.2, -0.15) is 0 Å². The van der Waals surface area contributed by atoms with E-state index < -0.39 is 0 Å². The number of nitrogens with zero attached hydrogens (tertiary/aromatic N) is 3. The number of amides is 1. The summed E-state index contributed by atoms with van der Waals surface area (Å²) in [7, 11) is 0. The molecule has 0 spiro atoms. The molecule has 1 aliphatic rings. The zero-order valence-electron chi connectivity index (χ0n) is 14.3. The predicted molar refractivity (Wildman–Crippen MR) is 91.4 cm³/mol. The molecule has 2 heterocycles. The van der Waals surface area contributed by atoms with E-state index >= 15 is 0 Å². The lowest BCUT2D eigenvalue weighted by atomic mass is 10.1. The molecule has 1 saturated heterocycles. The summed E-state index contributed by atoms with van der Waals surface area (Å²) in [6.07, 6.45) is 3.86. The summed E-state index contributed by atoms with van der Waals surface area (Å²) in [5.41, 5.74) is 3.38. The molecule has 1 amide bonds. The Kier molecular flexibility index (Phi) is 5.25. The number of hydrogen-bond donors (Lipinski definition) is 1. The summed E-state index contributed by atoms with van der Waals surface area (Å²) in [5, 5.41) is 11.3. The number of carbonyl (C=O) groups excluding carboxylic acids is 1. The SMILES string of the molecule is CCCc1c(C(=O)NCC2CCCO2)nnn1-c1ccc(C)cc1. The standard InChI is InChI=1S/C18H24N4O2/c1-3-5-16-17(18(23)19-12-15-6-4-11-24-15)20-21-22(16)14-9-7-13(2)8-10-14/h7-10,15H,3-6,11-12H2,1-2H3,(H,19,23). The van der Waals surface area contributed by atoms with Gasteiger partial charge in [-0.3, -0.25) is 4.79 Å². The third-order valence-electron chi connectivity index (χ3n) is 4.26. The number of carbonyl (C=O) groups is 1. The average molecular weight is 328 g/mol. The summed E-state index contributed by atoms with van der Waals surface area (Å²) < 4.78 is 7.31. The Hall–Kier alpha value is -2.21. The van der Waals surface area contributed by atoms with Crippen LogP contribution in [0.3, 0.4) is 0 Å². The lowest BCUT2D eigenvalue weighted by Crippen LogP contribution is -2.32. The molecule has 6 nitrogen and oxygen atoms in total. The predicted octanol–water partition coefficient (Wildman–Crippen LogP) is 2.44. The van der Waals surface area contributed by atoms with Gasteiger partial charge in [0.2, 0.25) is 0 Å². The molecule has 3 rings (SSSR count). The van der Waals surface area contributed by atoms with E-state index in [1.165, 1.54) is 5.56 Å². The van der Waals surface area contributed by atoms with Crippen molar-refractivity contribution in [2.24, 2.45) is 0 Å². The van der Waals surface area contributed by atoms with Crippen LogP contribution in [0.25, 0.3) is 5.69 Å². The minimum Gasteiger partial charge on any atom is -0.376 e. The van der Waals surface area contributed by atoms with Crippen LogP contribution < -0.4 is 5.32 Å². The summed E-state index contributed by atoms with van der Waals surface area (Å²) in [6.45, 7) is 5.44. The number of ether oxygens (including phenoxy) is 1. The lowest BCUT2D eigenvalue weighted by molar-refractivity contribution is 0.0853. The highest BCUT2D eigenvalue weighted by Gasteiger charge is 2.22. The van der Waals surface area contributed by atoms with Gasteiger partial charge in [0.25, 0.3) is 5.91 Å². The Labute approximate surface area is 142 Å². The highest BCUT2D eigenvalue weighted by molar-refractivity contribution is 5.93. The van der Waals surface area contributed by atoms with E-state index in [0.29, 0.717) is 12.2 Å². The molecule has 1 N–H and O–H groups in total. The van der Waals surface area contributed by atoms with E-state index in [1.54, 1.807) is 4.68 Å². The second kappa shape index (κ2) is 7.57. The molecule has 1 aliphatic heterocycles. The van der Waals surface area contributed by atoms with Crippen molar-refractivity contribution in [1.82, 2.24) is 20.3 Å². The van der Waals surface area contributed by atoms with Crippen molar-refractivity contribution in [2.45, 2.75) is 45.6 Å². The Morgan fingerprint density at radius 2 is 2.17 bits per heavy atom. The van der Waals surface area contributed by atoms with Crippen molar-refractivity contribution < 1.29 is 9.53 Å². The molecule has 1 aromatic heterocycles. The molecular weight excluding hydrogens is 304 g/mol. The Balaban J connectivity index is 1.79. The summed E-state index contributed by atoms with van der Waals surface area (Å²) in [5.74, 6) is -0.174. The fraction of sp³-hybridized carbons (Fsp3) is 0.500. The number of nitrogens with one attached hydrogen (secondary N) is 1. The molecule has 6 heteroatoms. The van der Waals surface area contributed by atoms with Crippen molar-refractivity contribution in [2.75, 3.05) is 13.2 Å². The van der Waals surface area contributed by atoms with E-state index in [-0.39, 0.29) is 12.0 Å². The molecule has 1 fully saturated rings. The van der Waals surface area contributed by atoms with Crippen LogP contribution in [0.15, 0.2) is 24.3 Å². The maximum atomic E-state index is 12.5. The van der Waals surface area contributed by atoms with Crippen LogP contribution in [-0.2, 0) is 11.2 Å². The molecule has 1 unspecified atom stereocenters. The number of aromatic nitrogens is 3. The van der Waals surface area contributed by atoms with Crippen LogP contribution in [-0.4, -0.2) is 40.2 Å². The highest BCUT2D eigenvalue weighted by Crippen LogP contribution is 2.16. The van der Waals surface area contributed by atoms with E-state index in [2.05, 4.69) is 22.6 Å². The molecule has 24 heavy (non-hydrogen) atoms. The normalized spacial score (nSPS) is 17.2. The van der Waals surface area contributed by atoms with Gasteiger partial charge < -0.3 is 10.1 Å². The fourth-order valence-corrected chi connectivity index (χ4v) is 2.93. The minimum absolute atomic E-state index is 0.121. The first-order valence-electron chi connectivity index (χ1n) is 8.60. The van der Waals surface area contributed by atoms with Gasteiger partial charge >= 0.3 is 0 Å². The topological polar surface area (TPSA) is 69.0 Å². The van der Waals surface area contributed by atoms with Crippen LogP contribution in [0.4, 0.5) is 0 Å². The maximum Gasteiger partial charge on any atom is 0.273 e. The summed E-state index contributed by atoms with van der Waals surface area (Å²) >= 11 is 0. The van der Waals surface area contributed by atoms with Crippen LogP contribution in [0.1, 0.15) is 47.9 Å². The Morgan fingerprint density at radius 3 is 2.83 bits per heavy atom. The Morgan fingerprint density at radius 1 is 1.38 bits per heavy atom. The van der Waals surface area contributed by atoms with E-state index in [4.69, 9.17) is 4.74 Å². The zero-order chi connectivity index (χ0) is 16.9. The van der Waals surface area contributed by atoms with Gasteiger partial charge in [-0.25, -0.2) is 4.68 Å². The maximum absolute atomic E-state index is 12.5. The largest absolute Gasteiger partial charge is 0.376 e.